The normalized spacial score (nSPS) is 11.9. The lowest BCUT2D eigenvalue weighted by Crippen LogP contribution is -2.26. The van der Waals surface area contributed by atoms with Crippen molar-refractivity contribution in [3.8, 4) is 0 Å². The molecule has 0 aliphatic rings. The molecule has 0 fully saturated rings. The third-order valence-electron chi connectivity index (χ3n) is 4.21. The highest BCUT2D eigenvalue weighted by atomic mass is 32.2. The SMILES string of the molecule is Cc1ccc2nc(CCNC(=O)c3ccc(S(=O)(=O)N(C)C)cc3)cn2c1. The van der Waals surface area contributed by atoms with Crippen molar-refractivity contribution in [3.05, 3.63) is 65.6 Å². The summed E-state index contributed by atoms with van der Waals surface area (Å²) >= 11 is 0. The number of hydrogen-bond acceptors (Lipinski definition) is 4. The van der Waals surface area contributed by atoms with Crippen LogP contribution in [0.2, 0.25) is 0 Å². The van der Waals surface area contributed by atoms with Crippen LogP contribution in [0.3, 0.4) is 0 Å². The van der Waals surface area contributed by atoms with E-state index in [9.17, 15) is 13.2 Å². The Kier molecular flexibility index (Phi) is 5.29. The van der Waals surface area contributed by atoms with E-state index in [1.165, 1.54) is 38.4 Å². The highest BCUT2D eigenvalue weighted by Crippen LogP contribution is 2.14. The number of imidazole rings is 1. The second-order valence-electron chi connectivity index (χ2n) is 6.52. The van der Waals surface area contributed by atoms with E-state index in [1.54, 1.807) is 0 Å². The molecular formula is C19H22N4O3S. The minimum Gasteiger partial charge on any atom is -0.352 e. The molecule has 0 saturated heterocycles. The van der Waals surface area contributed by atoms with E-state index >= 15 is 0 Å². The molecule has 3 aromatic rings. The first kappa shape index (κ1) is 19.1. The summed E-state index contributed by atoms with van der Waals surface area (Å²) in [5.74, 6) is -0.247. The summed E-state index contributed by atoms with van der Waals surface area (Å²) < 4.78 is 27.2. The van der Waals surface area contributed by atoms with Gasteiger partial charge in [-0.3, -0.25) is 4.79 Å². The quantitative estimate of drug-likeness (QED) is 0.701. The van der Waals surface area contributed by atoms with Crippen LogP contribution < -0.4 is 5.32 Å². The molecule has 2 heterocycles. The standard InChI is InChI=1S/C19H22N4O3S/c1-14-4-9-18-21-16(13-23(18)12-14)10-11-20-19(24)15-5-7-17(8-6-15)27(25,26)22(2)3/h4-9,12-13H,10-11H2,1-3H3,(H,20,24). The lowest BCUT2D eigenvalue weighted by atomic mass is 10.2. The molecule has 2 aromatic heterocycles. The van der Waals surface area contributed by atoms with Gasteiger partial charge in [-0.2, -0.15) is 0 Å². The molecule has 3 rings (SSSR count). The number of sulfonamides is 1. The van der Waals surface area contributed by atoms with Crippen molar-refractivity contribution in [1.29, 1.82) is 0 Å². The van der Waals surface area contributed by atoms with E-state index in [0.29, 0.717) is 18.5 Å². The van der Waals surface area contributed by atoms with Gasteiger partial charge in [0, 0.05) is 45.0 Å². The van der Waals surface area contributed by atoms with Crippen molar-refractivity contribution >= 4 is 21.6 Å². The monoisotopic (exact) mass is 386 g/mol. The molecule has 0 atom stereocenters. The van der Waals surface area contributed by atoms with Gasteiger partial charge in [-0.25, -0.2) is 17.7 Å². The molecule has 1 aromatic carbocycles. The first-order valence-electron chi connectivity index (χ1n) is 8.52. The van der Waals surface area contributed by atoms with Crippen LogP contribution in [0.15, 0.2) is 53.7 Å². The van der Waals surface area contributed by atoms with Crippen LogP contribution in [-0.2, 0) is 16.4 Å². The van der Waals surface area contributed by atoms with Gasteiger partial charge in [0.15, 0.2) is 0 Å². The minimum absolute atomic E-state index is 0.157. The zero-order chi connectivity index (χ0) is 19.6. The predicted octanol–water partition coefficient (Wildman–Crippen LogP) is 1.87. The topological polar surface area (TPSA) is 83.8 Å². The average molecular weight is 386 g/mol. The van der Waals surface area contributed by atoms with E-state index in [1.807, 2.05) is 35.9 Å². The number of nitrogens with zero attached hydrogens (tertiary/aromatic N) is 3. The maximum absolute atomic E-state index is 12.2. The van der Waals surface area contributed by atoms with Gasteiger partial charge in [0.2, 0.25) is 10.0 Å². The third-order valence-corrected chi connectivity index (χ3v) is 6.04. The van der Waals surface area contributed by atoms with Gasteiger partial charge in [0.1, 0.15) is 5.65 Å². The molecule has 0 saturated carbocycles. The smallest absolute Gasteiger partial charge is 0.251 e. The zero-order valence-corrected chi connectivity index (χ0v) is 16.3. The van der Waals surface area contributed by atoms with Crippen LogP contribution in [0.5, 0.6) is 0 Å². The van der Waals surface area contributed by atoms with Crippen molar-refractivity contribution in [2.45, 2.75) is 18.2 Å². The van der Waals surface area contributed by atoms with Crippen molar-refractivity contribution < 1.29 is 13.2 Å². The number of nitrogens with one attached hydrogen (secondary N) is 1. The van der Waals surface area contributed by atoms with E-state index in [4.69, 9.17) is 0 Å². The van der Waals surface area contributed by atoms with Gasteiger partial charge < -0.3 is 9.72 Å². The summed E-state index contributed by atoms with van der Waals surface area (Å²) in [6.45, 7) is 2.47. The molecule has 0 aliphatic heterocycles. The molecule has 0 spiro atoms. The van der Waals surface area contributed by atoms with Gasteiger partial charge in [-0.15, -0.1) is 0 Å². The third kappa shape index (κ3) is 4.17. The Morgan fingerprint density at radius 2 is 1.81 bits per heavy atom. The van der Waals surface area contributed by atoms with E-state index < -0.39 is 10.0 Å². The van der Waals surface area contributed by atoms with E-state index in [2.05, 4.69) is 10.3 Å². The summed E-state index contributed by atoms with van der Waals surface area (Å²) in [5, 5.41) is 2.84. The summed E-state index contributed by atoms with van der Waals surface area (Å²) in [6.07, 6.45) is 4.57. The largest absolute Gasteiger partial charge is 0.352 e. The maximum atomic E-state index is 12.2. The lowest BCUT2D eigenvalue weighted by molar-refractivity contribution is 0.0954. The summed E-state index contributed by atoms with van der Waals surface area (Å²) in [4.78, 5) is 16.9. The van der Waals surface area contributed by atoms with Crippen molar-refractivity contribution in [3.63, 3.8) is 0 Å². The van der Waals surface area contributed by atoms with Crippen molar-refractivity contribution in [2.75, 3.05) is 20.6 Å². The predicted molar refractivity (Wildman–Crippen MR) is 103 cm³/mol. The Labute approximate surface area is 158 Å². The Morgan fingerprint density at radius 1 is 1.11 bits per heavy atom. The average Bonchev–Trinajstić information content (AvgIpc) is 3.03. The Bertz CT molecular complexity index is 1070. The molecule has 0 unspecified atom stereocenters. The Hall–Kier alpha value is -2.71. The van der Waals surface area contributed by atoms with Crippen LogP contribution in [0.25, 0.3) is 5.65 Å². The second kappa shape index (κ2) is 7.50. The summed E-state index contributed by atoms with van der Waals surface area (Å²) in [7, 11) is -0.560. The minimum atomic E-state index is -3.50. The molecule has 1 amide bonds. The number of aryl methyl sites for hydroxylation is 1. The summed E-state index contributed by atoms with van der Waals surface area (Å²) in [5.41, 5.74) is 3.34. The highest BCUT2D eigenvalue weighted by Gasteiger charge is 2.17. The molecule has 7 nitrogen and oxygen atoms in total. The molecule has 0 aliphatic carbocycles. The fraction of sp³-hybridized carbons (Fsp3) is 0.263. The molecule has 0 bridgehead atoms. The lowest BCUT2D eigenvalue weighted by Gasteiger charge is -2.11. The molecule has 27 heavy (non-hydrogen) atoms. The number of benzene rings is 1. The van der Waals surface area contributed by atoms with Crippen molar-refractivity contribution in [2.24, 2.45) is 0 Å². The fourth-order valence-electron chi connectivity index (χ4n) is 2.67. The first-order chi connectivity index (χ1) is 12.8. The molecular weight excluding hydrogens is 364 g/mol. The van der Waals surface area contributed by atoms with Crippen LogP contribution in [0.1, 0.15) is 21.6 Å². The van der Waals surface area contributed by atoms with Crippen LogP contribution in [-0.4, -0.2) is 48.7 Å². The molecule has 142 valence electrons. The van der Waals surface area contributed by atoms with Gasteiger partial charge in [-0.1, -0.05) is 6.07 Å². The number of rotatable bonds is 6. The number of fused-ring (bicyclic) bond motifs is 1. The highest BCUT2D eigenvalue weighted by molar-refractivity contribution is 7.89. The number of carbonyl (C=O) groups is 1. The number of amides is 1. The van der Waals surface area contributed by atoms with Crippen LogP contribution in [0.4, 0.5) is 0 Å². The Balaban J connectivity index is 1.60. The van der Waals surface area contributed by atoms with Gasteiger partial charge in [-0.05, 0) is 42.8 Å². The number of aromatic nitrogens is 2. The van der Waals surface area contributed by atoms with Crippen LogP contribution >= 0.6 is 0 Å². The van der Waals surface area contributed by atoms with E-state index in [0.717, 1.165) is 21.2 Å². The van der Waals surface area contributed by atoms with Gasteiger partial charge in [0.05, 0.1) is 10.6 Å². The van der Waals surface area contributed by atoms with Crippen LogP contribution in [0, 0.1) is 6.92 Å². The molecule has 8 heteroatoms. The van der Waals surface area contributed by atoms with Crippen molar-refractivity contribution in [1.82, 2.24) is 19.0 Å². The molecule has 0 radical (unpaired) electrons. The van der Waals surface area contributed by atoms with E-state index in [-0.39, 0.29) is 10.8 Å². The second-order valence-corrected chi connectivity index (χ2v) is 8.67. The summed E-state index contributed by atoms with van der Waals surface area (Å²) in [6, 6.07) is 9.87. The first-order valence-corrected chi connectivity index (χ1v) is 9.96. The van der Waals surface area contributed by atoms with Gasteiger partial charge >= 0.3 is 0 Å². The molecule has 1 N–H and O–H groups in total. The number of hydrogen-bond donors (Lipinski definition) is 1. The Morgan fingerprint density at radius 3 is 2.48 bits per heavy atom. The fourth-order valence-corrected chi connectivity index (χ4v) is 3.57. The maximum Gasteiger partial charge on any atom is 0.251 e. The zero-order valence-electron chi connectivity index (χ0n) is 15.5. The van der Waals surface area contributed by atoms with Gasteiger partial charge in [0.25, 0.3) is 5.91 Å². The number of pyridine rings is 1. The number of carbonyl (C=O) groups excluding carboxylic acids is 1.